The van der Waals surface area contributed by atoms with Crippen LogP contribution >= 0.6 is 0 Å². The lowest BCUT2D eigenvalue weighted by Crippen LogP contribution is -2.46. The van der Waals surface area contributed by atoms with Crippen molar-refractivity contribution in [2.45, 2.75) is 23.8 Å². The van der Waals surface area contributed by atoms with Crippen molar-refractivity contribution in [1.29, 1.82) is 0 Å². The molecule has 2 aliphatic rings. The number of hydrogen-bond acceptors (Lipinski definition) is 8. The maximum atomic E-state index is 10.4. The molecular formula is C20H28N2O6. The molecule has 0 saturated carbocycles. The van der Waals surface area contributed by atoms with Gasteiger partial charge in [0.05, 0.1) is 13.1 Å². The molecule has 0 aliphatic heterocycles. The van der Waals surface area contributed by atoms with E-state index in [2.05, 4.69) is 9.98 Å². The zero-order valence-corrected chi connectivity index (χ0v) is 16.6. The van der Waals surface area contributed by atoms with Crippen molar-refractivity contribution in [2.24, 2.45) is 9.98 Å². The average molecular weight is 392 g/mol. The van der Waals surface area contributed by atoms with Crippen LogP contribution in [0.4, 0.5) is 0 Å². The molecule has 28 heavy (non-hydrogen) atoms. The summed E-state index contributed by atoms with van der Waals surface area (Å²) in [6.07, 6.45) is 11.5. The fourth-order valence-corrected chi connectivity index (χ4v) is 2.98. The minimum atomic E-state index is -1.21. The first-order chi connectivity index (χ1) is 13.5. The highest BCUT2D eigenvalue weighted by molar-refractivity contribution is 5.82. The highest BCUT2D eigenvalue weighted by atomic mass is 16.7. The van der Waals surface area contributed by atoms with Crippen molar-refractivity contribution in [2.75, 3.05) is 41.5 Å². The second kappa shape index (κ2) is 10.0. The fourth-order valence-electron chi connectivity index (χ4n) is 2.98. The van der Waals surface area contributed by atoms with Gasteiger partial charge in [-0.25, -0.2) is 0 Å². The van der Waals surface area contributed by atoms with Gasteiger partial charge in [0.15, 0.2) is 0 Å². The fraction of sp³-hybridized carbons (Fsp3) is 0.500. The van der Waals surface area contributed by atoms with E-state index in [1.807, 2.05) is 0 Å². The minimum absolute atomic E-state index is 0.413. The molecule has 2 atom stereocenters. The zero-order valence-electron chi connectivity index (χ0n) is 16.6. The van der Waals surface area contributed by atoms with Crippen LogP contribution in [0.25, 0.3) is 0 Å². The molecule has 154 valence electrons. The molecule has 0 aromatic rings. The number of rotatable bonds is 9. The molecule has 0 saturated heterocycles. The maximum absolute atomic E-state index is 10.4. The summed E-state index contributed by atoms with van der Waals surface area (Å²) in [6.45, 7) is 0.826. The summed E-state index contributed by atoms with van der Waals surface area (Å²) in [5, 5.41) is 20.8. The molecule has 2 rings (SSSR count). The van der Waals surface area contributed by atoms with Crippen LogP contribution in [0.3, 0.4) is 0 Å². The first-order valence-corrected chi connectivity index (χ1v) is 8.83. The van der Waals surface area contributed by atoms with Crippen LogP contribution in [-0.2, 0) is 18.9 Å². The van der Waals surface area contributed by atoms with Crippen LogP contribution in [0.15, 0.2) is 57.6 Å². The van der Waals surface area contributed by atoms with E-state index in [0.29, 0.717) is 24.2 Å². The van der Waals surface area contributed by atoms with E-state index < -0.39 is 23.8 Å². The molecule has 0 bridgehead atoms. The standard InChI is InChI=1S/C20H28N2O6/c1-25-19(26-2)9-5-7-15(17(19)23)13-21-11-12-22-14-16-8-6-10-20(27-3,28-4)18(16)24/h5-10,13-14,17-18,23-24H,11-12H2,1-4H3. The number of hydrogen-bond donors (Lipinski definition) is 2. The van der Waals surface area contributed by atoms with E-state index in [1.54, 1.807) is 48.9 Å². The molecular weight excluding hydrogens is 364 g/mol. The van der Waals surface area contributed by atoms with E-state index in [-0.39, 0.29) is 0 Å². The Bertz CT molecular complexity index is 639. The van der Waals surface area contributed by atoms with Gasteiger partial charge < -0.3 is 29.2 Å². The normalized spacial score (nSPS) is 26.1. The summed E-state index contributed by atoms with van der Waals surface area (Å²) in [7, 11) is 5.88. The summed E-state index contributed by atoms with van der Waals surface area (Å²) in [5.41, 5.74) is 1.16. The molecule has 0 fully saturated rings. The molecule has 2 aliphatic carbocycles. The SMILES string of the molecule is COC1(OC)C=CC=C(C=NCCN=CC2=CC=CC(OC)(OC)C2O)C1O. The summed E-state index contributed by atoms with van der Waals surface area (Å²) in [6, 6.07) is 0. The van der Waals surface area contributed by atoms with Gasteiger partial charge in [0.25, 0.3) is 0 Å². The van der Waals surface area contributed by atoms with Gasteiger partial charge in [0.1, 0.15) is 12.2 Å². The Morgan fingerprint density at radius 2 is 1.14 bits per heavy atom. The minimum Gasteiger partial charge on any atom is -0.382 e. The van der Waals surface area contributed by atoms with Crippen molar-refractivity contribution in [3.8, 4) is 0 Å². The Morgan fingerprint density at radius 1 is 0.786 bits per heavy atom. The van der Waals surface area contributed by atoms with Crippen LogP contribution < -0.4 is 0 Å². The van der Waals surface area contributed by atoms with E-state index in [1.165, 1.54) is 28.4 Å². The van der Waals surface area contributed by atoms with Crippen LogP contribution in [0.1, 0.15) is 0 Å². The average Bonchev–Trinajstić information content (AvgIpc) is 2.73. The number of nitrogens with zero attached hydrogens (tertiary/aromatic N) is 2. The topological polar surface area (TPSA) is 102 Å². The Hall–Kier alpha value is -1.94. The molecule has 0 aromatic heterocycles. The summed E-state index contributed by atoms with van der Waals surface area (Å²) in [4.78, 5) is 8.57. The van der Waals surface area contributed by atoms with Crippen LogP contribution in [0.2, 0.25) is 0 Å². The predicted molar refractivity (Wildman–Crippen MR) is 107 cm³/mol. The first kappa shape index (κ1) is 22.4. The van der Waals surface area contributed by atoms with Crippen LogP contribution in [-0.4, -0.2) is 88.0 Å². The number of aliphatic hydroxyl groups excluding tert-OH is 2. The second-order valence-corrected chi connectivity index (χ2v) is 6.19. The molecule has 2 N–H and O–H groups in total. The highest BCUT2D eigenvalue weighted by Gasteiger charge is 2.40. The van der Waals surface area contributed by atoms with Gasteiger partial charge in [0.2, 0.25) is 11.6 Å². The smallest absolute Gasteiger partial charge is 0.218 e. The molecule has 2 unspecified atom stereocenters. The molecule has 0 radical (unpaired) electrons. The zero-order chi connectivity index (χ0) is 20.6. The van der Waals surface area contributed by atoms with Gasteiger partial charge in [-0.15, -0.1) is 0 Å². The molecule has 8 nitrogen and oxygen atoms in total. The van der Waals surface area contributed by atoms with E-state index >= 15 is 0 Å². The van der Waals surface area contributed by atoms with Gasteiger partial charge in [-0.1, -0.05) is 24.3 Å². The Balaban J connectivity index is 1.89. The van der Waals surface area contributed by atoms with Crippen molar-refractivity contribution < 1.29 is 29.2 Å². The van der Waals surface area contributed by atoms with Crippen LogP contribution in [0, 0.1) is 0 Å². The largest absolute Gasteiger partial charge is 0.382 e. The van der Waals surface area contributed by atoms with Crippen molar-refractivity contribution >= 4 is 12.4 Å². The monoisotopic (exact) mass is 392 g/mol. The number of aliphatic hydroxyl groups is 2. The number of methoxy groups -OCH3 is 4. The Morgan fingerprint density at radius 3 is 1.46 bits per heavy atom. The summed E-state index contributed by atoms with van der Waals surface area (Å²) >= 11 is 0. The highest BCUT2D eigenvalue weighted by Crippen LogP contribution is 2.28. The lowest BCUT2D eigenvalue weighted by Gasteiger charge is -2.34. The molecule has 8 heteroatoms. The third-order valence-corrected chi connectivity index (χ3v) is 4.74. The van der Waals surface area contributed by atoms with Gasteiger partial charge in [0, 0.05) is 52.0 Å². The van der Waals surface area contributed by atoms with Gasteiger partial charge in [-0.3, -0.25) is 9.98 Å². The Kier molecular flexibility index (Phi) is 7.99. The van der Waals surface area contributed by atoms with Gasteiger partial charge in [-0.2, -0.15) is 0 Å². The second-order valence-electron chi connectivity index (χ2n) is 6.19. The lowest BCUT2D eigenvalue weighted by molar-refractivity contribution is -0.215. The summed E-state index contributed by atoms with van der Waals surface area (Å²) in [5.74, 6) is -2.42. The van der Waals surface area contributed by atoms with E-state index in [4.69, 9.17) is 18.9 Å². The molecule has 0 aromatic carbocycles. The van der Waals surface area contributed by atoms with E-state index in [9.17, 15) is 10.2 Å². The first-order valence-electron chi connectivity index (χ1n) is 8.83. The van der Waals surface area contributed by atoms with Gasteiger partial charge >= 0.3 is 0 Å². The summed E-state index contributed by atoms with van der Waals surface area (Å²) < 4.78 is 21.1. The number of ether oxygens (including phenoxy) is 4. The quantitative estimate of drug-likeness (QED) is 0.342. The third kappa shape index (κ3) is 4.54. The van der Waals surface area contributed by atoms with Gasteiger partial charge in [-0.05, 0) is 12.2 Å². The predicted octanol–water partition coefficient (Wildman–Crippen LogP) is 0.820. The Labute approximate surface area is 165 Å². The van der Waals surface area contributed by atoms with Crippen LogP contribution in [0.5, 0.6) is 0 Å². The molecule has 0 spiro atoms. The third-order valence-electron chi connectivity index (χ3n) is 4.74. The number of allylic oxidation sites excluding steroid dienone is 4. The molecule has 0 heterocycles. The lowest BCUT2D eigenvalue weighted by atomic mass is 9.96. The van der Waals surface area contributed by atoms with E-state index in [0.717, 1.165) is 0 Å². The maximum Gasteiger partial charge on any atom is 0.218 e. The van der Waals surface area contributed by atoms with Crippen molar-refractivity contribution in [1.82, 2.24) is 0 Å². The molecule has 0 amide bonds. The van der Waals surface area contributed by atoms with Crippen molar-refractivity contribution in [3.05, 3.63) is 47.6 Å². The van der Waals surface area contributed by atoms with Crippen molar-refractivity contribution in [3.63, 3.8) is 0 Å². The number of aliphatic imine (C=N–C) groups is 2.